The zero-order valence-corrected chi connectivity index (χ0v) is 8.95. The smallest absolute Gasteiger partial charge is 0.240 e. The van der Waals surface area contributed by atoms with Gasteiger partial charge in [0, 0.05) is 19.2 Å². The van der Waals surface area contributed by atoms with Gasteiger partial charge in [0.2, 0.25) is 6.08 Å². The average Bonchev–Trinajstić information content (AvgIpc) is 2.31. The average molecular weight is 220 g/mol. The van der Waals surface area contributed by atoms with E-state index < -0.39 is 0 Å². The highest BCUT2D eigenvalue weighted by Gasteiger charge is 2.14. The normalized spacial score (nSPS) is 15.7. The van der Waals surface area contributed by atoms with Gasteiger partial charge in [-0.25, -0.2) is 9.18 Å². The van der Waals surface area contributed by atoms with Crippen LogP contribution in [-0.2, 0) is 4.79 Å². The van der Waals surface area contributed by atoms with E-state index in [9.17, 15) is 9.18 Å². The molecule has 1 aliphatic heterocycles. The van der Waals surface area contributed by atoms with Gasteiger partial charge in [0.25, 0.3) is 0 Å². The Morgan fingerprint density at radius 1 is 1.25 bits per heavy atom. The Bertz CT molecular complexity index is 421. The van der Waals surface area contributed by atoms with Crippen LogP contribution in [0.4, 0.5) is 15.8 Å². The van der Waals surface area contributed by atoms with Gasteiger partial charge in [-0.15, -0.1) is 0 Å². The van der Waals surface area contributed by atoms with Crippen LogP contribution < -0.4 is 4.90 Å². The molecular weight excluding hydrogens is 207 g/mol. The molecule has 0 N–H and O–H groups in total. The van der Waals surface area contributed by atoms with Crippen molar-refractivity contribution < 1.29 is 9.18 Å². The van der Waals surface area contributed by atoms with Crippen LogP contribution in [-0.4, -0.2) is 19.2 Å². The summed E-state index contributed by atoms with van der Waals surface area (Å²) in [6.45, 7) is 1.88. The van der Waals surface area contributed by atoms with Crippen LogP contribution in [0, 0.1) is 5.82 Å². The summed E-state index contributed by atoms with van der Waals surface area (Å²) in [7, 11) is 0. The van der Waals surface area contributed by atoms with Crippen molar-refractivity contribution >= 4 is 17.5 Å². The number of rotatable bonds is 2. The number of halogens is 1. The summed E-state index contributed by atoms with van der Waals surface area (Å²) in [5.74, 6) is -0.380. The second kappa shape index (κ2) is 4.90. The molecule has 0 aliphatic carbocycles. The fourth-order valence-electron chi connectivity index (χ4n) is 2.04. The highest BCUT2D eigenvalue weighted by Crippen LogP contribution is 2.31. The van der Waals surface area contributed by atoms with Crippen LogP contribution in [0.5, 0.6) is 0 Å². The quantitative estimate of drug-likeness (QED) is 0.567. The van der Waals surface area contributed by atoms with Gasteiger partial charge >= 0.3 is 0 Å². The number of hydrogen-bond acceptors (Lipinski definition) is 3. The molecule has 0 radical (unpaired) electrons. The van der Waals surface area contributed by atoms with Crippen LogP contribution >= 0.6 is 0 Å². The van der Waals surface area contributed by atoms with E-state index in [1.165, 1.54) is 24.6 Å². The van der Waals surface area contributed by atoms with E-state index in [1.54, 1.807) is 6.07 Å². The number of piperidine rings is 1. The third-order valence-electron chi connectivity index (χ3n) is 2.80. The summed E-state index contributed by atoms with van der Waals surface area (Å²) in [5.41, 5.74) is 1.20. The number of benzene rings is 1. The largest absolute Gasteiger partial charge is 0.370 e. The molecule has 0 spiro atoms. The van der Waals surface area contributed by atoms with Crippen molar-refractivity contribution in [3.05, 3.63) is 24.0 Å². The van der Waals surface area contributed by atoms with Gasteiger partial charge < -0.3 is 4.90 Å². The molecule has 0 atom stereocenters. The standard InChI is InChI=1S/C12H13FN2O/c13-10-4-5-12(11(8-10)14-9-16)15-6-2-1-3-7-15/h4-5,8H,1-3,6-7H2. The lowest BCUT2D eigenvalue weighted by molar-refractivity contribution is 0.564. The van der Waals surface area contributed by atoms with Crippen molar-refractivity contribution in [2.75, 3.05) is 18.0 Å². The highest BCUT2D eigenvalue weighted by molar-refractivity contribution is 5.69. The Morgan fingerprint density at radius 2 is 2.00 bits per heavy atom. The maximum absolute atomic E-state index is 13.0. The third-order valence-corrected chi connectivity index (χ3v) is 2.80. The SMILES string of the molecule is O=C=Nc1cc(F)ccc1N1CCCCC1. The second-order valence-electron chi connectivity index (χ2n) is 3.88. The van der Waals surface area contributed by atoms with Crippen molar-refractivity contribution in [2.24, 2.45) is 4.99 Å². The number of nitrogens with zero attached hydrogens (tertiary/aromatic N) is 2. The van der Waals surface area contributed by atoms with Gasteiger partial charge in [-0.05, 0) is 31.4 Å². The molecule has 0 aromatic heterocycles. The predicted molar refractivity (Wildman–Crippen MR) is 60.2 cm³/mol. The molecule has 2 rings (SSSR count). The Labute approximate surface area is 93.6 Å². The molecule has 1 aromatic carbocycles. The molecule has 1 aliphatic rings. The number of carbonyl (C=O) groups excluding carboxylic acids is 1. The van der Waals surface area contributed by atoms with E-state index in [0.717, 1.165) is 31.6 Å². The van der Waals surface area contributed by atoms with Crippen molar-refractivity contribution in [3.63, 3.8) is 0 Å². The maximum Gasteiger partial charge on any atom is 0.240 e. The zero-order chi connectivity index (χ0) is 11.4. The zero-order valence-electron chi connectivity index (χ0n) is 8.95. The minimum atomic E-state index is -0.380. The molecule has 84 valence electrons. The van der Waals surface area contributed by atoms with E-state index in [0.29, 0.717) is 5.69 Å². The van der Waals surface area contributed by atoms with Crippen LogP contribution in [0.15, 0.2) is 23.2 Å². The van der Waals surface area contributed by atoms with Crippen LogP contribution in [0.25, 0.3) is 0 Å². The molecule has 0 bridgehead atoms. The fraction of sp³-hybridized carbons (Fsp3) is 0.417. The first-order valence-electron chi connectivity index (χ1n) is 5.43. The van der Waals surface area contributed by atoms with Crippen molar-refractivity contribution in [1.82, 2.24) is 0 Å². The lowest BCUT2D eigenvalue weighted by atomic mass is 10.1. The number of aliphatic imine (C=N–C) groups is 1. The number of anilines is 1. The summed E-state index contributed by atoms with van der Waals surface area (Å²) in [6, 6.07) is 4.35. The van der Waals surface area contributed by atoms with Crippen molar-refractivity contribution in [3.8, 4) is 0 Å². The Hall–Kier alpha value is -1.67. The predicted octanol–water partition coefficient (Wildman–Crippen LogP) is 2.78. The maximum atomic E-state index is 13.0. The first kappa shape index (κ1) is 10.8. The summed E-state index contributed by atoms with van der Waals surface area (Å²) in [6.07, 6.45) is 4.95. The van der Waals surface area contributed by atoms with Crippen molar-refractivity contribution in [2.45, 2.75) is 19.3 Å². The van der Waals surface area contributed by atoms with Gasteiger partial charge in [-0.1, -0.05) is 0 Å². The van der Waals surface area contributed by atoms with E-state index in [4.69, 9.17) is 0 Å². The van der Waals surface area contributed by atoms with E-state index in [1.807, 2.05) is 0 Å². The van der Waals surface area contributed by atoms with E-state index in [-0.39, 0.29) is 5.82 Å². The first-order chi connectivity index (χ1) is 7.81. The van der Waals surface area contributed by atoms with E-state index >= 15 is 0 Å². The van der Waals surface area contributed by atoms with Gasteiger partial charge in [0.05, 0.1) is 5.69 Å². The molecule has 16 heavy (non-hydrogen) atoms. The number of hydrogen-bond donors (Lipinski definition) is 0. The highest BCUT2D eigenvalue weighted by atomic mass is 19.1. The van der Waals surface area contributed by atoms with Gasteiger partial charge in [-0.3, -0.25) is 0 Å². The Kier molecular flexibility index (Phi) is 3.32. The molecule has 3 nitrogen and oxygen atoms in total. The van der Waals surface area contributed by atoms with Crippen LogP contribution in [0.1, 0.15) is 19.3 Å². The Balaban J connectivity index is 2.34. The van der Waals surface area contributed by atoms with Crippen molar-refractivity contribution in [1.29, 1.82) is 0 Å². The second-order valence-corrected chi connectivity index (χ2v) is 3.88. The molecule has 0 unspecified atom stereocenters. The van der Waals surface area contributed by atoms with Gasteiger partial charge in [0.1, 0.15) is 11.5 Å². The molecule has 1 heterocycles. The Morgan fingerprint density at radius 3 is 2.69 bits per heavy atom. The third kappa shape index (κ3) is 2.28. The minimum Gasteiger partial charge on any atom is -0.370 e. The summed E-state index contributed by atoms with van der Waals surface area (Å²) in [4.78, 5) is 16.0. The number of isocyanates is 1. The molecule has 1 saturated heterocycles. The molecule has 0 saturated carbocycles. The molecule has 0 amide bonds. The minimum absolute atomic E-state index is 0.372. The monoisotopic (exact) mass is 220 g/mol. The van der Waals surface area contributed by atoms with E-state index in [2.05, 4.69) is 9.89 Å². The molecule has 4 heteroatoms. The fourth-order valence-corrected chi connectivity index (χ4v) is 2.04. The van der Waals surface area contributed by atoms with Crippen LogP contribution in [0.3, 0.4) is 0 Å². The van der Waals surface area contributed by atoms with Gasteiger partial charge in [0.15, 0.2) is 0 Å². The first-order valence-corrected chi connectivity index (χ1v) is 5.43. The van der Waals surface area contributed by atoms with Gasteiger partial charge in [-0.2, -0.15) is 4.99 Å². The molecular formula is C12H13FN2O. The summed E-state index contributed by atoms with van der Waals surface area (Å²) in [5, 5.41) is 0. The molecule has 1 fully saturated rings. The lowest BCUT2D eigenvalue weighted by Crippen LogP contribution is -2.29. The van der Waals surface area contributed by atoms with Crippen LogP contribution in [0.2, 0.25) is 0 Å². The topological polar surface area (TPSA) is 32.7 Å². The summed E-state index contributed by atoms with van der Waals surface area (Å²) >= 11 is 0. The summed E-state index contributed by atoms with van der Waals surface area (Å²) < 4.78 is 13.0. The molecule has 1 aromatic rings. The lowest BCUT2D eigenvalue weighted by Gasteiger charge is -2.29.